The topological polar surface area (TPSA) is 68.5 Å². The molecule has 1 aliphatic rings. The minimum atomic E-state index is -0.190. The van der Waals surface area contributed by atoms with Gasteiger partial charge in [0.1, 0.15) is 17.5 Å². The SMILES string of the molecule is CCC(C)(C)n1nnnc1C(c1ccccc1OC)N1CCN(c2ccc(OC)cc2)CC1. The first-order chi connectivity index (χ1) is 16.0. The van der Waals surface area contributed by atoms with Crippen molar-refractivity contribution < 1.29 is 9.47 Å². The zero-order valence-corrected chi connectivity index (χ0v) is 20.2. The number of tetrazole rings is 1. The van der Waals surface area contributed by atoms with Crippen LogP contribution in [0.15, 0.2) is 48.5 Å². The third-order valence-electron chi connectivity index (χ3n) is 6.73. The molecule has 1 saturated heterocycles. The van der Waals surface area contributed by atoms with E-state index in [4.69, 9.17) is 9.47 Å². The molecule has 1 unspecified atom stereocenters. The standard InChI is InChI=1S/C25H34N6O2/c1-6-25(2,3)31-24(26-27-28-31)23(21-9-7-8-10-22(21)33-5)30-17-15-29(16-18-30)19-11-13-20(32-4)14-12-19/h7-14,23H,6,15-18H2,1-5H3. The van der Waals surface area contributed by atoms with Crippen molar-refractivity contribution in [2.45, 2.75) is 38.8 Å². The molecule has 2 heterocycles. The van der Waals surface area contributed by atoms with Crippen molar-refractivity contribution in [1.82, 2.24) is 25.1 Å². The zero-order valence-electron chi connectivity index (χ0n) is 20.2. The number of hydrogen-bond acceptors (Lipinski definition) is 7. The molecule has 176 valence electrons. The van der Waals surface area contributed by atoms with E-state index in [0.29, 0.717) is 0 Å². The first-order valence-corrected chi connectivity index (χ1v) is 11.5. The van der Waals surface area contributed by atoms with Crippen LogP contribution in [0.2, 0.25) is 0 Å². The summed E-state index contributed by atoms with van der Waals surface area (Å²) >= 11 is 0. The van der Waals surface area contributed by atoms with Gasteiger partial charge in [-0.2, -0.15) is 0 Å². The number of aromatic nitrogens is 4. The van der Waals surface area contributed by atoms with E-state index in [1.54, 1.807) is 14.2 Å². The molecule has 1 atom stereocenters. The summed E-state index contributed by atoms with van der Waals surface area (Å²) in [6, 6.07) is 16.4. The highest BCUT2D eigenvalue weighted by atomic mass is 16.5. The van der Waals surface area contributed by atoms with E-state index in [1.165, 1.54) is 5.69 Å². The maximum atomic E-state index is 5.75. The average Bonchev–Trinajstić information content (AvgIpc) is 3.35. The second-order valence-electron chi connectivity index (χ2n) is 8.98. The summed E-state index contributed by atoms with van der Waals surface area (Å²) in [4.78, 5) is 4.87. The molecule has 0 radical (unpaired) electrons. The first kappa shape index (κ1) is 23.0. The number of anilines is 1. The van der Waals surface area contributed by atoms with Crippen LogP contribution >= 0.6 is 0 Å². The molecule has 1 fully saturated rings. The lowest BCUT2D eigenvalue weighted by atomic mass is 9.98. The number of hydrogen-bond donors (Lipinski definition) is 0. The fourth-order valence-corrected chi connectivity index (χ4v) is 4.37. The van der Waals surface area contributed by atoms with Crippen molar-refractivity contribution in [3.05, 3.63) is 59.9 Å². The van der Waals surface area contributed by atoms with Gasteiger partial charge in [0.05, 0.1) is 19.8 Å². The highest BCUT2D eigenvalue weighted by molar-refractivity contribution is 5.49. The Morgan fingerprint density at radius 1 is 0.939 bits per heavy atom. The third-order valence-corrected chi connectivity index (χ3v) is 6.73. The van der Waals surface area contributed by atoms with Gasteiger partial charge >= 0.3 is 0 Å². The molecule has 8 heteroatoms. The van der Waals surface area contributed by atoms with Gasteiger partial charge in [-0.3, -0.25) is 4.90 Å². The van der Waals surface area contributed by atoms with Crippen molar-refractivity contribution in [1.29, 1.82) is 0 Å². The van der Waals surface area contributed by atoms with Gasteiger partial charge in [-0.05, 0) is 61.0 Å². The molecule has 2 aromatic carbocycles. The van der Waals surface area contributed by atoms with E-state index in [0.717, 1.165) is 55.5 Å². The fraction of sp³-hybridized carbons (Fsp3) is 0.480. The molecule has 0 amide bonds. The Bertz CT molecular complexity index is 1040. The largest absolute Gasteiger partial charge is 0.497 e. The van der Waals surface area contributed by atoms with E-state index in [1.807, 2.05) is 28.9 Å². The van der Waals surface area contributed by atoms with Crippen molar-refractivity contribution in [3.63, 3.8) is 0 Å². The molecule has 0 spiro atoms. The van der Waals surface area contributed by atoms with Gasteiger partial charge in [0, 0.05) is 37.4 Å². The molecule has 0 bridgehead atoms. The molecule has 0 saturated carbocycles. The van der Waals surface area contributed by atoms with Crippen LogP contribution in [0, 0.1) is 0 Å². The van der Waals surface area contributed by atoms with Gasteiger partial charge in [-0.15, -0.1) is 5.10 Å². The maximum absolute atomic E-state index is 5.75. The summed E-state index contributed by atoms with van der Waals surface area (Å²) in [6.07, 6.45) is 0.926. The zero-order chi connectivity index (χ0) is 23.4. The van der Waals surface area contributed by atoms with Crippen LogP contribution in [-0.2, 0) is 5.54 Å². The molecule has 1 aliphatic heterocycles. The summed E-state index contributed by atoms with van der Waals surface area (Å²) in [6.45, 7) is 10.1. The molecular formula is C25H34N6O2. The number of para-hydroxylation sites is 1. The molecule has 4 rings (SSSR count). The number of piperazine rings is 1. The molecule has 1 aromatic heterocycles. The Kier molecular flexibility index (Phi) is 6.83. The lowest BCUT2D eigenvalue weighted by Gasteiger charge is -2.40. The molecule has 8 nitrogen and oxygen atoms in total. The van der Waals surface area contributed by atoms with Crippen LogP contribution in [0.3, 0.4) is 0 Å². The van der Waals surface area contributed by atoms with E-state index in [-0.39, 0.29) is 11.6 Å². The average molecular weight is 451 g/mol. The molecule has 0 aliphatic carbocycles. The minimum absolute atomic E-state index is 0.0972. The van der Waals surface area contributed by atoms with Gasteiger partial charge in [0.2, 0.25) is 0 Å². The molecule has 3 aromatic rings. The predicted molar refractivity (Wildman–Crippen MR) is 129 cm³/mol. The van der Waals surface area contributed by atoms with Crippen LogP contribution in [0.5, 0.6) is 11.5 Å². The summed E-state index contributed by atoms with van der Waals surface area (Å²) in [5.74, 6) is 2.58. The highest BCUT2D eigenvalue weighted by Crippen LogP contribution is 2.36. The first-order valence-electron chi connectivity index (χ1n) is 11.5. The van der Waals surface area contributed by atoms with Crippen LogP contribution in [0.25, 0.3) is 0 Å². The van der Waals surface area contributed by atoms with E-state index < -0.39 is 0 Å². The van der Waals surface area contributed by atoms with E-state index in [2.05, 4.69) is 70.4 Å². The summed E-state index contributed by atoms with van der Waals surface area (Å²) < 4.78 is 13.0. The van der Waals surface area contributed by atoms with Gasteiger partial charge in [-0.1, -0.05) is 25.1 Å². The third kappa shape index (κ3) is 4.66. The lowest BCUT2D eigenvalue weighted by molar-refractivity contribution is 0.184. The fourth-order valence-electron chi connectivity index (χ4n) is 4.37. The highest BCUT2D eigenvalue weighted by Gasteiger charge is 2.35. The summed E-state index contributed by atoms with van der Waals surface area (Å²) in [5.41, 5.74) is 2.10. The summed E-state index contributed by atoms with van der Waals surface area (Å²) in [5, 5.41) is 13.0. The van der Waals surface area contributed by atoms with Crippen molar-refractivity contribution >= 4 is 5.69 Å². The van der Waals surface area contributed by atoms with E-state index in [9.17, 15) is 0 Å². The van der Waals surface area contributed by atoms with Crippen molar-refractivity contribution in [2.75, 3.05) is 45.3 Å². The van der Waals surface area contributed by atoms with Gasteiger partial charge in [0.15, 0.2) is 5.82 Å². The Morgan fingerprint density at radius 3 is 2.27 bits per heavy atom. The minimum Gasteiger partial charge on any atom is -0.497 e. The second kappa shape index (κ2) is 9.79. The van der Waals surface area contributed by atoms with Crippen molar-refractivity contribution in [3.8, 4) is 11.5 Å². The number of rotatable bonds is 8. The summed E-state index contributed by atoms with van der Waals surface area (Å²) in [7, 11) is 3.41. The maximum Gasteiger partial charge on any atom is 0.173 e. The van der Waals surface area contributed by atoms with Crippen molar-refractivity contribution in [2.24, 2.45) is 0 Å². The number of methoxy groups -OCH3 is 2. The Balaban J connectivity index is 1.65. The molecular weight excluding hydrogens is 416 g/mol. The van der Waals surface area contributed by atoms with Crippen LogP contribution in [0.1, 0.15) is 44.6 Å². The Morgan fingerprint density at radius 2 is 1.64 bits per heavy atom. The lowest BCUT2D eigenvalue weighted by Crippen LogP contribution is -2.49. The van der Waals surface area contributed by atoms with Crippen LogP contribution < -0.4 is 14.4 Å². The quantitative estimate of drug-likeness (QED) is 0.518. The number of ether oxygens (including phenoxy) is 2. The predicted octanol–water partition coefficient (Wildman–Crippen LogP) is 3.75. The Labute approximate surface area is 196 Å². The monoisotopic (exact) mass is 450 g/mol. The Hall–Kier alpha value is -3.13. The number of nitrogens with zero attached hydrogens (tertiary/aromatic N) is 6. The molecule has 0 N–H and O–H groups in total. The van der Waals surface area contributed by atoms with Crippen LogP contribution in [0.4, 0.5) is 5.69 Å². The van der Waals surface area contributed by atoms with E-state index >= 15 is 0 Å². The normalized spacial score (nSPS) is 16.0. The second-order valence-corrected chi connectivity index (χ2v) is 8.98. The van der Waals surface area contributed by atoms with Crippen LogP contribution in [-0.4, -0.2) is 65.5 Å². The van der Waals surface area contributed by atoms with Gasteiger partial charge in [0.25, 0.3) is 0 Å². The smallest absolute Gasteiger partial charge is 0.173 e. The molecule has 33 heavy (non-hydrogen) atoms. The number of benzene rings is 2. The van der Waals surface area contributed by atoms with Gasteiger partial charge < -0.3 is 14.4 Å². The van der Waals surface area contributed by atoms with Gasteiger partial charge in [-0.25, -0.2) is 4.68 Å².